The van der Waals surface area contributed by atoms with Gasteiger partial charge >= 0.3 is 17.5 Å². The molecular weight excluding hydrogens is 266 g/mol. The summed E-state index contributed by atoms with van der Waals surface area (Å²) in [5.41, 5.74) is -1.61. The third-order valence-corrected chi connectivity index (χ3v) is 3.05. The van der Waals surface area contributed by atoms with E-state index in [1.807, 2.05) is 16.9 Å². The van der Waals surface area contributed by atoms with Gasteiger partial charge in [0.1, 0.15) is 5.69 Å². The number of hydrogen-bond acceptors (Lipinski definition) is 5. The molecule has 3 N–H and O–H groups in total. The van der Waals surface area contributed by atoms with Crippen LogP contribution in [-0.4, -0.2) is 64.8 Å². The number of nitrogens with zero attached hydrogens (tertiary/aromatic N) is 2. The van der Waals surface area contributed by atoms with Crippen molar-refractivity contribution in [3.8, 4) is 0 Å². The van der Waals surface area contributed by atoms with Gasteiger partial charge in [-0.15, -0.1) is 0 Å². The monoisotopic (exact) mass is 281 g/mol. The normalized spacial score (nSPS) is 15.9. The van der Waals surface area contributed by atoms with Crippen LogP contribution in [0.2, 0.25) is 0 Å². The average molecular weight is 281 g/mol. The van der Waals surface area contributed by atoms with E-state index in [-0.39, 0.29) is 5.69 Å². The fourth-order valence-corrected chi connectivity index (χ4v) is 1.83. The molecule has 0 bridgehead atoms. The van der Waals surface area contributed by atoms with Crippen molar-refractivity contribution in [1.29, 1.82) is 0 Å². The van der Waals surface area contributed by atoms with Gasteiger partial charge < -0.3 is 20.1 Å². The summed E-state index contributed by atoms with van der Waals surface area (Å²) in [6.45, 7) is 2.31. The van der Waals surface area contributed by atoms with E-state index < -0.39 is 23.1 Å². The molecule has 0 aliphatic carbocycles. The molecule has 1 aromatic heterocycles. The molecule has 1 saturated heterocycles. The van der Waals surface area contributed by atoms with Crippen LogP contribution in [0.25, 0.3) is 0 Å². The van der Waals surface area contributed by atoms with Crippen molar-refractivity contribution in [1.82, 2.24) is 19.8 Å². The number of carbonyl (C=O) groups is 2. The number of aromatic amines is 2. The highest BCUT2D eigenvalue weighted by atomic mass is 16.2. The first-order valence-corrected chi connectivity index (χ1v) is 6.08. The number of rotatable bonds is 1. The van der Waals surface area contributed by atoms with E-state index in [4.69, 9.17) is 0 Å². The zero-order valence-electron chi connectivity index (χ0n) is 10.9. The van der Waals surface area contributed by atoms with Gasteiger partial charge in [0.2, 0.25) is 0 Å². The van der Waals surface area contributed by atoms with Crippen LogP contribution >= 0.6 is 0 Å². The number of piperazine rings is 1. The fourth-order valence-electron chi connectivity index (χ4n) is 1.83. The Kier molecular flexibility index (Phi) is 3.99. The summed E-state index contributed by atoms with van der Waals surface area (Å²) in [5.74, 6) is -1.59. The maximum atomic E-state index is 11.9. The lowest BCUT2D eigenvalue weighted by Crippen LogP contribution is -2.50. The highest BCUT2D eigenvalue weighted by molar-refractivity contribution is 6.39. The molecule has 1 fully saturated rings. The van der Waals surface area contributed by atoms with Crippen molar-refractivity contribution in [3.63, 3.8) is 0 Å². The van der Waals surface area contributed by atoms with E-state index >= 15 is 0 Å². The van der Waals surface area contributed by atoms with Crippen molar-refractivity contribution in [2.45, 2.75) is 0 Å². The smallest absolute Gasteiger partial charge is 0.325 e. The number of amides is 2. The summed E-state index contributed by atoms with van der Waals surface area (Å²) in [6, 6.07) is 0. The summed E-state index contributed by atoms with van der Waals surface area (Å²) in [6.07, 6.45) is 1.05. The first-order chi connectivity index (χ1) is 9.47. The number of carbonyl (C=O) groups excluding carboxylic acids is 2. The second-order valence-corrected chi connectivity index (χ2v) is 4.54. The van der Waals surface area contributed by atoms with Crippen LogP contribution in [0.15, 0.2) is 15.8 Å². The number of likely N-dealkylation sites (N-methyl/N-ethyl adjacent to an activating group) is 1. The third-order valence-electron chi connectivity index (χ3n) is 3.05. The number of aromatic nitrogens is 2. The average Bonchev–Trinajstić information content (AvgIpc) is 2.42. The quantitative estimate of drug-likeness (QED) is 0.504. The number of anilines is 1. The Labute approximate surface area is 113 Å². The standard InChI is InChI=1S/C11H15N5O4/c1-15-2-4-16(5-3-15)10(19)9(18)13-7-6-12-11(20)14-8(7)17/h6H,2-5H2,1H3,(H,13,18)(H2,12,14,17,20). The van der Waals surface area contributed by atoms with Gasteiger partial charge in [-0.1, -0.05) is 0 Å². The molecule has 0 atom stereocenters. The molecule has 2 rings (SSSR count). The second kappa shape index (κ2) is 5.70. The van der Waals surface area contributed by atoms with Crippen LogP contribution in [0.4, 0.5) is 5.69 Å². The Bertz CT molecular complexity index is 626. The molecule has 0 saturated carbocycles. The molecule has 1 aromatic rings. The minimum absolute atomic E-state index is 0.169. The Morgan fingerprint density at radius 1 is 1.20 bits per heavy atom. The zero-order chi connectivity index (χ0) is 14.7. The fraction of sp³-hybridized carbons (Fsp3) is 0.455. The minimum atomic E-state index is -0.896. The van der Waals surface area contributed by atoms with Gasteiger partial charge in [0.25, 0.3) is 5.56 Å². The van der Waals surface area contributed by atoms with E-state index in [0.717, 1.165) is 6.20 Å². The van der Waals surface area contributed by atoms with E-state index in [9.17, 15) is 19.2 Å². The van der Waals surface area contributed by atoms with Crippen molar-refractivity contribution < 1.29 is 9.59 Å². The lowest BCUT2D eigenvalue weighted by atomic mass is 10.3. The summed E-state index contributed by atoms with van der Waals surface area (Å²) < 4.78 is 0. The van der Waals surface area contributed by atoms with E-state index in [0.29, 0.717) is 26.2 Å². The maximum Gasteiger partial charge on any atom is 0.325 e. The van der Waals surface area contributed by atoms with Gasteiger partial charge in [0.05, 0.1) is 0 Å². The van der Waals surface area contributed by atoms with Gasteiger partial charge in [-0.05, 0) is 7.05 Å². The largest absolute Gasteiger partial charge is 0.332 e. The van der Waals surface area contributed by atoms with Crippen LogP contribution in [0.3, 0.4) is 0 Å². The molecule has 2 heterocycles. The van der Waals surface area contributed by atoms with Crippen molar-refractivity contribution in [2.75, 3.05) is 38.5 Å². The van der Waals surface area contributed by atoms with Crippen molar-refractivity contribution in [2.24, 2.45) is 0 Å². The van der Waals surface area contributed by atoms with Gasteiger partial charge in [-0.3, -0.25) is 19.4 Å². The number of H-pyrrole nitrogens is 2. The molecule has 0 radical (unpaired) electrons. The van der Waals surface area contributed by atoms with Crippen LogP contribution in [0.5, 0.6) is 0 Å². The topological polar surface area (TPSA) is 118 Å². The maximum absolute atomic E-state index is 11.9. The minimum Gasteiger partial charge on any atom is -0.332 e. The molecule has 0 aromatic carbocycles. The van der Waals surface area contributed by atoms with Crippen molar-refractivity contribution in [3.05, 3.63) is 27.0 Å². The molecule has 1 aliphatic rings. The Morgan fingerprint density at radius 3 is 2.45 bits per heavy atom. The van der Waals surface area contributed by atoms with E-state index in [2.05, 4.69) is 10.3 Å². The molecule has 1 aliphatic heterocycles. The molecule has 9 heteroatoms. The molecule has 20 heavy (non-hydrogen) atoms. The summed E-state index contributed by atoms with van der Waals surface area (Å²) in [4.78, 5) is 53.5. The van der Waals surface area contributed by atoms with Crippen molar-refractivity contribution >= 4 is 17.5 Å². The van der Waals surface area contributed by atoms with Crippen LogP contribution in [0.1, 0.15) is 0 Å². The van der Waals surface area contributed by atoms with Gasteiger partial charge in [0.15, 0.2) is 0 Å². The first kappa shape index (κ1) is 14.0. The predicted molar refractivity (Wildman–Crippen MR) is 70.4 cm³/mol. The van der Waals surface area contributed by atoms with E-state index in [1.165, 1.54) is 4.90 Å². The zero-order valence-corrected chi connectivity index (χ0v) is 10.9. The molecular formula is C11H15N5O4. The molecule has 0 spiro atoms. The number of nitrogens with one attached hydrogen (secondary N) is 3. The molecule has 0 unspecified atom stereocenters. The van der Waals surface area contributed by atoms with Gasteiger partial charge in [0, 0.05) is 32.4 Å². The lowest BCUT2D eigenvalue weighted by molar-refractivity contribution is -0.144. The van der Waals surface area contributed by atoms with Crippen LogP contribution < -0.4 is 16.6 Å². The molecule has 9 nitrogen and oxygen atoms in total. The molecule has 108 valence electrons. The lowest BCUT2D eigenvalue weighted by Gasteiger charge is -2.31. The summed E-state index contributed by atoms with van der Waals surface area (Å²) in [7, 11) is 1.93. The Morgan fingerprint density at radius 2 is 1.85 bits per heavy atom. The number of hydrogen-bond donors (Lipinski definition) is 3. The summed E-state index contributed by atoms with van der Waals surface area (Å²) >= 11 is 0. The van der Waals surface area contributed by atoms with Crippen LogP contribution in [0, 0.1) is 0 Å². The highest BCUT2D eigenvalue weighted by Gasteiger charge is 2.25. The third kappa shape index (κ3) is 3.12. The Balaban J connectivity index is 2.02. The molecule has 2 amide bonds. The van der Waals surface area contributed by atoms with E-state index in [1.54, 1.807) is 0 Å². The van der Waals surface area contributed by atoms with Crippen LogP contribution in [-0.2, 0) is 9.59 Å². The Hall–Kier alpha value is -2.42. The second-order valence-electron chi connectivity index (χ2n) is 4.54. The SMILES string of the molecule is CN1CCN(C(=O)C(=O)Nc2c[nH]c(=O)[nH]c2=O)CC1. The summed E-state index contributed by atoms with van der Waals surface area (Å²) in [5, 5.41) is 2.19. The predicted octanol–water partition coefficient (Wildman–Crippen LogP) is -2.22. The first-order valence-electron chi connectivity index (χ1n) is 6.08. The highest BCUT2D eigenvalue weighted by Crippen LogP contribution is 2.01. The van der Waals surface area contributed by atoms with Gasteiger partial charge in [-0.25, -0.2) is 4.79 Å². The van der Waals surface area contributed by atoms with Gasteiger partial charge in [-0.2, -0.15) is 0 Å².